The molecule has 0 spiro atoms. The maximum atomic E-state index is 6.18. The first-order valence-electron chi connectivity index (χ1n) is 5.86. The molecule has 0 aromatic rings. The molecule has 0 aliphatic rings. The fraction of sp³-hybridized carbons (Fsp3) is 0.538. The molecule has 98 valence electrons. The first-order valence-corrected chi connectivity index (χ1v) is 15.0. The highest BCUT2D eigenvalue weighted by Gasteiger charge is 2.39. The summed E-state index contributed by atoms with van der Waals surface area (Å²) in [5.74, 6) is 10.1. The van der Waals surface area contributed by atoms with Crippen molar-refractivity contribution in [2.75, 3.05) is 0 Å². The molecule has 0 aromatic carbocycles. The number of terminal acetylenes is 1. The fourth-order valence-corrected chi connectivity index (χ4v) is 12.0. The summed E-state index contributed by atoms with van der Waals surface area (Å²) in [6.07, 6.45) is 5.05. The Labute approximate surface area is 115 Å². The molecule has 0 bridgehead atoms. The Morgan fingerprint density at radius 1 is 0.722 bits per heavy atom. The van der Waals surface area contributed by atoms with Crippen LogP contribution >= 0.6 is 0 Å². The zero-order chi connectivity index (χ0) is 14.4. The van der Waals surface area contributed by atoms with Crippen LogP contribution in [0.2, 0.25) is 45.8 Å². The van der Waals surface area contributed by atoms with Gasteiger partial charge in [-0.2, -0.15) is 0 Å². The van der Waals surface area contributed by atoms with E-state index in [1.807, 2.05) is 6.55 Å². The summed E-state index contributed by atoms with van der Waals surface area (Å²) in [6.45, 7) is 14.8. The zero-order valence-corrected chi connectivity index (χ0v) is 15.4. The van der Waals surface area contributed by atoms with Crippen molar-refractivity contribution in [2.45, 2.75) is 45.8 Å². The van der Waals surface area contributed by atoms with E-state index in [1.165, 1.54) is 0 Å². The number of rotatable bonds is 4. The van der Waals surface area contributed by atoms with Crippen molar-refractivity contribution < 1.29 is 8.23 Å². The van der Waals surface area contributed by atoms with Gasteiger partial charge in [0.05, 0.1) is 0 Å². The molecule has 0 aliphatic heterocycles. The van der Waals surface area contributed by atoms with Crippen LogP contribution in [-0.2, 0) is 8.23 Å². The third kappa shape index (κ3) is 9.30. The predicted octanol–water partition coefficient (Wildman–Crippen LogP) is 2.94. The van der Waals surface area contributed by atoms with E-state index in [0.29, 0.717) is 0 Å². The van der Waals surface area contributed by atoms with Gasteiger partial charge in [0.15, 0.2) is 16.6 Å². The molecular formula is C13H22O2Si3. The summed E-state index contributed by atoms with van der Waals surface area (Å²) in [7, 11) is -5.86. The van der Waals surface area contributed by atoms with Gasteiger partial charge in [-0.3, -0.25) is 0 Å². The van der Waals surface area contributed by atoms with Gasteiger partial charge < -0.3 is 8.23 Å². The van der Waals surface area contributed by atoms with Crippen LogP contribution in [-0.4, -0.2) is 25.2 Å². The van der Waals surface area contributed by atoms with Crippen molar-refractivity contribution in [3.8, 4) is 35.6 Å². The van der Waals surface area contributed by atoms with Crippen molar-refractivity contribution in [3.05, 3.63) is 0 Å². The molecule has 0 aliphatic carbocycles. The van der Waals surface area contributed by atoms with E-state index >= 15 is 0 Å². The molecule has 0 unspecified atom stereocenters. The van der Waals surface area contributed by atoms with Crippen LogP contribution < -0.4 is 0 Å². The highest BCUT2D eigenvalue weighted by atomic mass is 28.5. The normalized spacial score (nSPS) is 11.7. The van der Waals surface area contributed by atoms with Gasteiger partial charge in [0.2, 0.25) is 0 Å². The second kappa shape index (κ2) is 6.43. The predicted molar refractivity (Wildman–Crippen MR) is 84.9 cm³/mol. The average molecular weight is 295 g/mol. The molecule has 2 nitrogen and oxygen atoms in total. The molecule has 0 amide bonds. The van der Waals surface area contributed by atoms with Crippen molar-refractivity contribution in [3.63, 3.8) is 0 Å². The lowest BCUT2D eigenvalue weighted by Gasteiger charge is -2.34. The maximum Gasteiger partial charge on any atom is 0.401 e. The highest BCUT2D eigenvalue weighted by Crippen LogP contribution is 2.19. The first kappa shape index (κ1) is 17.3. The Balaban J connectivity index is 5.15. The molecule has 0 aromatic heterocycles. The van der Waals surface area contributed by atoms with Crippen LogP contribution in [0.25, 0.3) is 0 Å². The summed E-state index contributed by atoms with van der Waals surface area (Å²) >= 11 is 0. The smallest absolute Gasteiger partial charge is 0.401 e. The standard InChI is InChI=1S/C13H22O2Si3/c1-9-10-11-12-13-18(8,14-16(2,3)4)15-17(5,6)7/h1H,2-8H3. The van der Waals surface area contributed by atoms with E-state index in [2.05, 4.69) is 68.5 Å². The van der Waals surface area contributed by atoms with Gasteiger partial charge in [-0.1, -0.05) is 5.54 Å². The monoisotopic (exact) mass is 294 g/mol. The first-order chi connectivity index (χ1) is 7.97. The quantitative estimate of drug-likeness (QED) is 0.586. The lowest BCUT2D eigenvalue weighted by Crippen LogP contribution is -2.52. The van der Waals surface area contributed by atoms with Gasteiger partial charge in [-0.05, 0) is 69.5 Å². The van der Waals surface area contributed by atoms with E-state index in [-0.39, 0.29) is 0 Å². The minimum absolute atomic E-state index is 1.69. The summed E-state index contributed by atoms with van der Waals surface area (Å²) in [5, 5.41) is 0. The molecule has 0 rings (SSSR count). The summed E-state index contributed by atoms with van der Waals surface area (Å²) in [5.41, 5.74) is 3.09. The minimum atomic E-state index is -2.48. The van der Waals surface area contributed by atoms with E-state index in [1.54, 1.807) is 0 Å². The highest BCUT2D eigenvalue weighted by molar-refractivity contribution is 6.91. The second-order valence-electron chi connectivity index (χ2n) is 6.02. The van der Waals surface area contributed by atoms with Gasteiger partial charge in [0, 0.05) is 0 Å². The van der Waals surface area contributed by atoms with E-state index in [4.69, 9.17) is 14.7 Å². The molecule has 0 saturated heterocycles. The van der Waals surface area contributed by atoms with Crippen LogP contribution in [0.1, 0.15) is 0 Å². The Hall–Kier alpha value is -0.749. The molecule has 5 heteroatoms. The van der Waals surface area contributed by atoms with Crippen LogP contribution in [0.5, 0.6) is 0 Å². The topological polar surface area (TPSA) is 18.5 Å². The average Bonchev–Trinajstić information content (AvgIpc) is 2.05. The van der Waals surface area contributed by atoms with Crippen molar-refractivity contribution in [2.24, 2.45) is 0 Å². The van der Waals surface area contributed by atoms with E-state index < -0.39 is 25.2 Å². The van der Waals surface area contributed by atoms with Crippen LogP contribution in [0.3, 0.4) is 0 Å². The SMILES string of the molecule is C#CC#CC#C[Si](C)(O[Si](C)(C)C)O[Si](C)(C)C. The zero-order valence-electron chi connectivity index (χ0n) is 12.4. The van der Waals surface area contributed by atoms with Gasteiger partial charge in [0.25, 0.3) is 0 Å². The van der Waals surface area contributed by atoms with Crippen LogP contribution in [0.15, 0.2) is 0 Å². The molecule has 0 N–H and O–H groups in total. The third-order valence-corrected chi connectivity index (χ3v) is 10.1. The van der Waals surface area contributed by atoms with Crippen molar-refractivity contribution >= 4 is 25.2 Å². The van der Waals surface area contributed by atoms with Crippen LogP contribution in [0, 0.1) is 35.6 Å². The summed E-state index contributed by atoms with van der Waals surface area (Å²) < 4.78 is 12.4. The van der Waals surface area contributed by atoms with Gasteiger partial charge >= 0.3 is 8.56 Å². The Morgan fingerprint density at radius 2 is 1.17 bits per heavy atom. The second-order valence-corrected chi connectivity index (χ2v) is 18.2. The molecule has 0 heterocycles. The minimum Gasteiger partial charge on any atom is -0.428 e. The molecular weight excluding hydrogens is 272 g/mol. The molecule has 0 saturated carbocycles. The summed E-state index contributed by atoms with van der Waals surface area (Å²) in [6, 6.07) is 0. The Bertz CT molecular complexity index is 426. The Kier molecular flexibility index (Phi) is 6.16. The molecule has 18 heavy (non-hydrogen) atoms. The summed E-state index contributed by atoms with van der Waals surface area (Å²) in [4.78, 5) is 0. The lowest BCUT2D eigenvalue weighted by molar-refractivity contribution is 0.406. The van der Waals surface area contributed by atoms with E-state index in [9.17, 15) is 0 Å². The largest absolute Gasteiger partial charge is 0.428 e. The van der Waals surface area contributed by atoms with Crippen molar-refractivity contribution in [1.82, 2.24) is 0 Å². The van der Waals surface area contributed by atoms with E-state index in [0.717, 1.165) is 0 Å². The molecule has 0 radical (unpaired) electrons. The fourth-order valence-electron chi connectivity index (χ4n) is 1.45. The van der Waals surface area contributed by atoms with Gasteiger partial charge in [-0.15, -0.1) is 6.42 Å². The van der Waals surface area contributed by atoms with Gasteiger partial charge in [0.1, 0.15) is 0 Å². The van der Waals surface area contributed by atoms with Gasteiger partial charge in [-0.25, -0.2) is 0 Å². The van der Waals surface area contributed by atoms with Crippen molar-refractivity contribution in [1.29, 1.82) is 0 Å². The number of hydrogen-bond acceptors (Lipinski definition) is 2. The number of hydrogen-bond donors (Lipinski definition) is 0. The lowest BCUT2D eigenvalue weighted by atomic mass is 10.6. The van der Waals surface area contributed by atoms with Crippen LogP contribution in [0.4, 0.5) is 0 Å². The molecule has 0 atom stereocenters. The molecule has 0 fully saturated rings. The maximum absolute atomic E-state index is 6.18. The Morgan fingerprint density at radius 3 is 1.50 bits per heavy atom. The third-order valence-electron chi connectivity index (χ3n) is 1.49.